The third-order valence-electron chi connectivity index (χ3n) is 9.07. The molecule has 2 heterocycles. The quantitative estimate of drug-likeness (QED) is 0.194. The van der Waals surface area contributed by atoms with Crippen LogP contribution in [0.1, 0.15) is 12.7 Å². The van der Waals surface area contributed by atoms with Crippen LogP contribution in [0.2, 0.25) is 0 Å². The summed E-state index contributed by atoms with van der Waals surface area (Å²) in [5, 5.41) is 6.80. The Kier molecular flexibility index (Phi) is 5.23. The first-order valence-corrected chi connectivity index (χ1v) is 16.4. The number of sulfone groups is 1. The van der Waals surface area contributed by atoms with E-state index in [4.69, 9.17) is 4.98 Å². The first kappa shape index (κ1) is 25.3. The van der Waals surface area contributed by atoms with Crippen molar-refractivity contribution in [2.24, 2.45) is 0 Å². The zero-order valence-corrected chi connectivity index (χ0v) is 24.8. The van der Waals surface area contributed by atoms with E-state index in [0.29, 0.717) is 32.9 Å². The lowest BCUT2D eigenvalue weighted by atomic mass is 9.85. The first-order valence-electron chi connectivity index (χ1n) is 14.9. The molecule has 0 amide bonds. The number of fused-ring (bicyclic) bond motifs is 5. The molecule has 0 unspecified atom stereocenters. The number of hydrogen-bond donors (Lipinski definition) is 0. The van der Waals surface area contributed by atoms with Crippen LogP contribution in [0.3, 0.4) is 0 Å². The van der Waals surface area contributed by atoms with E-state index in [2.05, 4.69) is 109 Å². The van der Waals surface area contributed by atoms with E-state index in [1.807, 2.05) is 12.1 Å². The molecule has 0 saturated heterocycles. The van der Waals surface area contributed by atoms with Gasteiger partial charge in [-0.05, 0) is 73.3 Å². The smallest absolute Gasteiger partial charge is 0.210 e. The number of imidazole rings is 1. The fourth-order valence-corrected chi connectivity index (χ4v) is 8.86. The van der Waals surface area contributed by atoms with Crippen LogP contribution in [0.15, 0.2) is 137 Å². The topological polar surface area (TPSA) is 52.0 Å². The molecule has 4 nitrogen and oxygen atoms in total. The van der Waals surface area contributed by atoms with Gasteiger partial charge in [-0.3, -0.25) is 4.57 Å². The summed E-state index contributed by atoms with van der Waals surface area (Å²) < 4.78 is 30.5. The summed E-state index contributed by atoms with van der Waals surface area (Å²) in [4.78, 5) is 5.53. The SMILES string of the molecule is CCc1nc2cccc3c2n1-c1c(-c2c4ccccc4c(-c4ccc5ccccc5c4)c4ccccc24)cccc1S3(=O)=O. The standard InChI is InChI=1S/C39H26N2O2S/c1-2-35-40-32-18-10-20-34-39(32)41(35)38-31(17-9-19-33(38)44(34,42)43)37-29-15-7-5-13-27(29)36(28-14-6-8-16-30(28)37)26-22-21-24-11-3-4-12-25(24)23-26/h3-23H,2H2,1H3. The van der Waals surface area contributed by atoms with E-state index in [-0.39, 0.29) is 0 Å². The number of aryl methyl sites for hydroxylation is 1. The van der Waals surface area contributed by atoms with Crippen molar-refractivity contribution in [2.45, 2.75) is 23.1 Å². The Hall–Kier alpha value is -5.26. The van der Waals surface area contributed by atoms with Gasteiger partial charge in [0.05, 0.1) is 26.5 Å². The fraction of sp³-hybridized carbons (Fsp3) is 0.0513. The molecular formula is C39H26N2O2S. The Balaban J connectivity index is 1.45. The number of nitrogens with zero attached hydrogens (tertiary/aromatic N) is 2. The van der Waals surface area contributed by atoms with Crippen LogP contribution < -0.4 is 0 Å². The average molecular weight is 587 g/mol. The summed E-state index contributed by atoms with van der Waals surface area (Å²) in [6.45, 7) is 2.07. The highest BCUT2D eigenvalue weighted by atomic mass is 32.2. The van der Waals surface area contributed by atoms with Gasteiger partial charge in [0.15, 0.2) is 0 Å². The molecule has 1 aliphatic heterocycles. The van der Waals surface area contributed by atoms with Crippen molar-refractivity contribution in [1.82, 2.24) is 9.55 Å². The van der Waals surface area contributed by atoms with Crippen molar-refractivity contribution in [2.75, 3.05) is 0 Å². The van der Waals surface area contributed by atoms with E-state index in [1.165, 1.54) is 16.3 Å². The molecule has 9 rings (SSSR count). The lowest BCUT2D eigenvalue weighted by Gasteiger charge is -2.25. The first-order chi connectivity index (χ1) is 21.6. The molecule has 0 fully saturated rings. The van der Waals surface area contributed by atoms with Crippen LogP contribution in [0.4, 0.5) is 0 Å². The maximum atomic E-state index is 14.2. The largest absolute Gasteiger partial charge is 0.293 e. The van der Waals surface area contributed by atoms with E-state index in [9.17, 15) is 8.42 Å². The summed E-state index contributed by atoms with van der Waals surface area (Å²) in [5.41, 5.74) is 6.27. The Morgan fingerprint density at radius 3 is 1.93 bits per heavy atom. The summed E-state index contributed by atoms with van der Waals surface area (Å²) >= 11 is 0. The minimum absolute atomic E-state index is 0.313. The predicted molar refractivity (Wildman–Crippen MR) is 179 cm³/mol. The molecule has 1 aliphatic rings. The Labute approximate surface area is 254 Å². The molecular weight excluding hydrogens is 561 g/mol. The normalized spacial score (nSPS) is 13.6. The zero-order chi connectivity index (χ0) is 29.6. The van der Waals surface area contributed by atoms with Gasteiger partial charge in [-0.15, -0.1) is 0 Å². The molecule has 0 spiro atoms. The molecule has 0 radical (unpaired) electrons. The zero-order valence-electron chi connectivity index (χ0n) is 24.0. The van der Waals surface area contributed by atoms with Crippen LogP contribution in [-0.4, -0.2) is 18.0 Å². The third kappa shape index (κ3) is 3.33. The molecule has 0 bridgehead atoms. The second-order valence-corrected chi connectivity index (χ2v) is 13.3. The van der Waals surface area contributed by atoms with Crippen molar-refractivity contribution in [3.8, 4) is 27.9 Å². The summed E-state index contributed by atoms with van der Waals surface area (Å²) in [6.07, 6.45) is 0.671. The van der Waals surface area contributed by atoms with Gasteiger partial charge in [-0.25, -0.2) is 13.4 Å². The molecule has 0 saturated carbocycles. The van der Waals surface area contributed by atoms with E-state index in [0.717, 1.165) is 44.1 Å². The summed E-state index contributed by atoms with van der Waals surface area (Å²) in [5.74, 6) is 0.845. The molecule has 44 heavy (non-hydrogen) atoms. The van der Waals surface area contributed by atoms with Gasteiger partial charge in [0.25, 0.3) is 0 Å². The monoisotopic (exact) mass is 586 g/mol. The molecule has 0 N–H and O–H groups in total. The minimum atomic E-state index is -3.77. The number of aromatic nitrogens is 2. The number of para-hydroxylation sites is 2. The molecule has 5 heteroatoms. The van der Waals surface area contributed by atoms with Crippen molar-refractivity contribution < 1.29 is 8.42 Å². The highest BCUT2D eigenvalue weighted by Crippen LogP contribution is 2.49. The van der Waals surface area contributed by atoms with Gasteiger partial charge < -0.3 is 0 Å². The van der Waals surface area contributed by atoms with Gasteiger partial charge in [-0.2, -0.15) is 0 Å². The molecule has 0 aliphatic carbocycles. The maximum Gasteiger partial charge on any atom is 0.210 e. The minimum Gasteiger partial charge on any atom is -0.293 e. The lowest BCUT2D eigenvalue weighted by Crippen LogP contribution is -2.17. The third-order valence-corrected chi connectivity index (χ3v) is 10.9. The Morgan fingerprint density at radius 1 is 0.614 bits per heavy atom. The summed E-state index contributed by atoms with van der Waals surface area (Å²) in [6, 6.07) is 43.2. The van der Waals surface area contributed by atoms with Gasteiger partial charge >= 0.3 is 0 Å². The number of rotatable bonds is 3. The van der Waals surface area contributed by atoms with Crippen molar-refractivity contribution in [3.63, 3.8) is 0 Å². The fourth-order valence-electron chi connectivity index (χ4n) is 7.20. The van der Waals surface area contributed by atoms with Gasteiger partial charge in [0.1, 0.15) is 5.82 Å². The van der Waals surface area contributed by atoms with E-state index in [1.54, 1.807) is 18.2 Å². The molecule has 210 valence electrons. The number of hydrogen-bond acceptors (Lipinski definition) is 3. The van der Waals surface area contributed by atoms with Gasteiger partial charge in [-0.1, -0.05) is 110 Å². The second kappa shape index (κ2) is 9.12. The van der Waals surface area contributed by atoms with Crippen LogP contribution in [0.25, 0.3) is 71.3 Å². The number of benzene rings is 7. The van der Waals surface area contributed by atoms with Crippen LogP contribution >= 0.6 is 0 Å². The maximum absolute atomic E-state index is 14.2. The highest BCUT2D eigenvalue weighted by Gasteiger charge is 2.35. The Bertz CT molecular complexity index is 2560. The summed E-state index contributed by atoms with van der Waals surface area (Å²) in [7, 11) is -3.77. The Morgan fingerprint density at radius 2 is 1.23 bits per heavy atom. The highest BCUT2D eigenvalue weighted by molar-refractivity contribution is 7.92. The van der Waals surface area contributed by atoms with E-state index < -0.39 is 9.84 Å². The molecule has 8 aromatic rings. The van der Waals surface area contributed by atoms with Crippen LogP contribution in [-0.2, 0) is 16.3 Å². The van der Waals surface area contributed by atoms with E-state index >= 15 is 0 Å². The molecule has 7 aromatic carbocycles. The molecule has 0 atom stereocenters. The predicted octanol–water partition coefficient (Wildman–Crippen LogP) is 9.53. The van der Waals surface area contributed by atoms with Gasteiger partial charge in [0, 0.05) is 12.0 Å². The van der Waals surface area contributed by atoms with Crippen LogP contribution in [0, 0.1) is 0 Å². The van der Waals surface area contributed by atoms with Gasteiger partial charge in [0.2, 0.25) is 9.84 Å². The molecule has 1 aromatic heterocycles. The average Bonchev–Trinajstić information content (AvgIpc) is 3.45. The van der Waals surface area contributed by atoms with Crippen molar-refractivity contribution in [3.05, 3.63) is 133 Å². The lowest BCUT2D eigenvalue weighted by molar-refractivity contribution is 0.594. The van der Waals surface area contributed by atoms with Crippen molar-refractivity contribution in [1.29, 1.82) is 0 Å². The van der Waals surface area contributed by atoms with Crippen molar-refractivity contribution >= 4 is 53.2 Å². The van der Waals surface area contributed by atoms with Crippen LogP contribution in [0.5, 0.6) is 0 Å². The second-order valence-electron chi connectivity index (χ2n) is 11.4.